The summed E-state index contributed by atoms with van der Waals surface area (Å²) in [5, 5.41) is 0. The Morgan fingerprint density at radius 1 is 1.00 bits per heavy atom. The van der Waals surface area contributed by atoms with E-state index in [0.717, 1.165) is 0 Å². The van der Waals surface area contributed by atoms with Crippen LogP contribution in [0, 0.1) is 49.1 Å². The molecule has 0 aromatic carbocycles. The van der Waals surface area contributed by atoms with Gasteiger partial charge in [-0.2, -0.15) is 0 Å². The van der Waals surface area contributed by atoms with E-state index in [1.54, 1.807) is 6.92 Å². The Morgan fingerprint density at radius 2 is 1.50 bits per heavy atom. The van der Waals surface area contributed by atoms with Crippen molar-refractivity contribution in [2.45, 2.75) is 6.92 Å². The maximum Gasteiger partial charge on any atom is 0.395 e. The van der Waals surface area contributed by atoms with Gasteiger partial charge in [0.2, 0.25) is 0 Å². The van der Waals surface area contributed by atoms with E-state index >= 15 is 0 Å². The van der Waals surface area contributed by atoms with Gasteiger partial charge >= 0.3 is 6.71 Å². The highest BCUT2D eigenvalue weighted by Crippen LogP contribution is 1.73. The van der Waals surface area contributed by atoms with Crippen molar-refractivity contribution < 1.29 is 0 Å². The van der Waals surface area contributed by atoms with Gasteiger partial charge in [0.15, 0.2) is 0 Å². The van der Waals surface area contributed by atoms with Crippen molar-refractivity contribution >= 4 is 6.71 Å². The molecule has 0 aliphatic carbocycles. The fourth-order valence-corrected chi connectivity index (χ4v) is 0.457. The zero-order valence-electron chi connectivity index (χ0n) is 5.99. The summed E-state index contributed by atoms with van der Waals surface area (Å²) in [7, 11) is 0. The summed E-state index contributed by atoms with van der Waals surface area (Å²) in [5.41, 5.74) is 0. The molecule has 1 heteroatoms. The lowest BCUT2D eigenvalue weighted by Crippen LogP contribution is -2.03. The Morgan fingerprint density at radius 3 is 1.80 bits per heavy atom. The van der Waals surface area contributed by atoms with Gasteiger partial charge in [-0.1, -0.05) is 0 Å². The quantitative estimate of drug-likeness (QED) is 0.332. The van der Waals surface area contributed by atoms with E-state index in [4.69, 9.17) is 0 Å². The second-order valence-electron chi connectivity index (χ2n) is 1.47. The molecule has 0 amide bonds. The van der Waals surface area contributed by atoms with Crippen molar-refractivity contribution in [3.8, 4) is 35.2 Å². The van der Waals surface area contributed by atoms with Gasteiger partial charge in [-0.15, -0.1) is 35.2 Å². The van der Waals surface area contributed by atoms with Crippen LogP contribution in [0.15, 0.2) is 0 Å². The van der Waals surface area contributed by atoms with E-state index in [2.05, 4.69) is 49.1 Å². The van der Waals surface area contributed by atoms with Crippen molar-refractivity contribution in [1.29, 1.82) is 0 Å². The molecule has 0 bridgehead atoms. The average molecular weight is 126 g/mol. The predicted molar refractivity (Wildman–Crippen MR) is 45.5 cm³/mol. The molecule has 46 valence electrons. The van der Waals surface area contributed by atoms with E-state index in [1.165, 1.54) is 0 Å². The molecule has 0 heterocycles. The van der Waals surface area contributed by atoms with Gasteiger partial charge in [-0.3, -0.25) is 0 Å². The van der Waals surface area contributed by atoms with Crippen LogP contribution in [0.3, 0.4) is 0 Å². The molecule has 2 radical (unpaired) electrons. The molecule has 0 nitrogen and oxygen atoms in total. The molecule has 0 rings (SSSR count). The Labute approximate surface area is 63.5 Å². The Hall–Kier alpha value is -1.26. The summed E-state index contributed by atoms with van der Waals surface area (Å²) in [6, 6.07) is 0. The van der Waals surface area contributed by atoms with E-state index < -0.39 is 0 Å². The molecule has 0 unspecified atom stereocenters. The van der Waals surface area contributed by atoms with Crippen LogP contribution in [0.4, 0.5) is 0 Å². The smallest absolute Gasteiger partial charge is 0.121 e. The molecule has 10 heavy (non-hydrogen) atoms. The molecule has 0 aromatic rings. The minimum absolute atomic E-state index is 0.181. The van der Waals surface area contributed by atoms with Gasteiger partial charge in [-0.25, -0.2) is 0 Å². The van der Waals surface area contributed by atoms with E-state index in [-0.39, 0.29) is 6.71 Å². The molecule has 0 aliphatic heterocycles. The molecule has 0 spiro atoms. The topological polar surface area (TPSA) is 0 Å². The molecule has 0 atom stereocenters. The van der Waals surface area contributed by atoms with Crippen molar-refractivity contribution in [1.82, 2.24) is 0 Å². The van der Waals surface area contributed by atoms with Crippen molar-refractivity contribution in [2.24, 2.45) is 0 Å². The SMILES string of the molecule is [CH2]C#CB(C#C[CH2])C#CC. The summed E-state index contributed by atoms with van der Waals surface area (Å²) in [4.78, 5) is 0. The summed E-state index contributed by atoms with van der Waals surface area (Å²) >= 11 is 0. The van der Waals surface area contributed by atoms with E-state index in [0.29, 0.717) is 0 Å². The monoisotopic (exact) mass is 126 g/mol. The Kier molecular flexibility index (Phi) is 5.14. The van der Waals surface area contributed by atoms with Crippen molar-refractivity contribution in [3.63, 3.8) is 0 Å². The van der Waals surface area contributed by atoms with Crippen LogP contribution in [-0.2, 0) is 0 Å². The number of rotatable bonds is 0. The van der Waals surface area contributed by atoms with Gasteiger partial charge in [0.25, 0.3) is 0 Å². The maximum absolute atomic E-state index is 3.37. The van der Waals surface area contributed by atoms with Crippen molar-refractivity contribution in [2.75, 3.05) is 0 Å². The third kappa shape index (κ3) is 3.71. The van der Waals surface area contributed by atoms with Gasteiger partial charge < -0.3 is 0 Å². The van der Waals surface area contributed by atoms with Crippen LogP contribution in [0.1, 0.15) is 6.92 Å². The Balaban J connectivity index is 4.26. The number of hydrogen-bond donors (Lipinski definition) is 0. The molecule has 0 fully saturated rings. The minimum atomic E-state index is -0.181. The molecular formula is C9H7B. The second kappa shape index (κ2) is 5.87. The standard InChI is InChI=1S/C9H7B/c1-4-7-10(8-5-2)9-6-3/h1-2H2,3H3. The van der Waals surface area contributed by atoms with E-state index in [9.17, 15) is 0 Å². The van der Waals surface area contributed by atoms with Crippen LogP contribution < -0.4 is 0 Å². The first-order valence-electron chi connectivity index (χ1n) is 2.82. The third-order valence-corrected chi connectivity index (χ3v) is 0.781. The average Bonchev–Trinajstić information content (AvgIpc) is 1.90. The first kappa shape index (κ1) is 8.74. The fraction of sp³-hybridized carbons (Fsp3) is 0.111. The summed E-state index contributed by atoms with van der Waals surface area (Å²) in [6.07, 6.45) is 0. The van der Waals surface area contributed by atoms with Crippen LogP contribution in [0.5, 0.6) is 0 Å². The zero-order valence-corrected chi connectivity index (χ0v) is 5.99. The number of hydrogen-bond acceptors (Lipinski definition) is 0. The first-order valence-corrected chi connectivity index (χ1v) is 2.82. The summed E-state index contributed by atoms with van der Waals surface area (Å²) in [5.74, 6) is 16.0. The normalized spacial score (nSPS) is 5.10. The van der Waals surface area contributed by atoms with Crippen LogP contribution in [0.2, 0.25) is 0 Å². The minimum Gasteiger partial charge on any atom is -0.121 e. The fourth-order valence-electron chi connectivity index (χ4n) is 0.457. The van der Waals surface area contributed by atoms with Crippen LogP contribution in [0.25, 0.3) is 0 Å². The molecule has 0 saturated carbocycles. The highest BCUT2D eigenvalue weighted by molar-refractivity contribution is 6.82. The molecule has 0 N–H and O–H groups in total. The van der Waals surface area contributed by atoms with Gasteiger partial charge in [0, 0.05) is 13.8 Å². The molecular weight excluding hydrogens is 119 g/mol. The maximum atomic E-state index is 3.37. The lowest BCUT2D eigenvalue weighted by atomic mass is 9.52. The van der Waals surface area contributed by atoms with Gasteiger partial charge in [-0.05, 0) is 6.92 Å². The summed E-state index contributed by atoms with van der Waals surface area (Å²) < 4.78 is 0. The lowest BCUT2D eigenvalue weighted by Gasteiger charge is -1.79. The largest absolute Gasteiger partial charge is 0.395 e. The van der Waals surface area contributed by atoms with Crippen molar-refractivity contribution in [3.05, 3.63) is 13.8 Å². The predicted octanol–water partition coefficient (Wildman–Crippen LogP) is 0.797. The Bertz CT molecular complexity index is 209. The second-order valence-corrected chi connectivity index (χ2v) is 1.47. The third-order valence-electron chi connectivity index (χ3n) is 0.781. The van der Waals surface area contributed by atoms with Gasteiger partial charge in [0.1, 0.15) is 0 Å². The van der Waals surface area contributed by atoms with Gasteiger partial charge in [0.05, 0.1) is 0 Å². The molecule has 0 aliphatic rings. The first-order chi connectivity index (χ1) is 4.85. The highest BCUT2D eigenvalue weighted by Gasteiger charge is 1.98. The molecule has 0 aromatic heterocycles. The lowest BCUT2D eigenvalue weighted by molar-refractivity contribution is 1.93. The highest BCUT2D eigenvalue weighted by atomic mass is 13.5. The van der Waals surface area contributed by atoms with E-state index in [1.807, 2.05) is 0 Å². The zero-order chi connectivity index (χ0) is 7.82. The van der Waals surface area contributed by atoms with Crippen LogP contribution in [-0.4, -0.2) is 6.71 Å². The summed E-state index contributed by atoms with van der Waals surface area (Å²) in [6.45, 7) is 8.32. The molecule has 0 saturated heterocycles. The van der Waals surface area contributed by atoms with Crippen LogP contribution >= 0.6 is 0 Å².